The van der Waals surface area contributed by atoms with Crippen LogP contribution in [0.15, 0.2) is 41.6 Å². The van der Waals surface area contributed by atoms with Crippen LogP contribution in [0.5, 0.6) is 0 Å². The fraction of sp³-hybridized carbons (Fsp3) is 0.312. The lowest BCUT2D eigenvalue weighted by molar-refractivity contribution is 0.628. The maximum absolute atomic E-state index is 13.0. The van der Waals surface area contributed by atoms with Crippen LogP contribution >= 0.6 is 11.8 Å². The van der Waals surface area contributed by atoms with Crippen molar-refractivity contribution in [3.05, 3.63) is 42.2 Å². The quantitative estimate of drug-likeness (QED) is 0.734. The second-order valence-electron chi connectivity index (χ2n) is 5.50. The molecule has 0 radical (unpaired) electrons. The Hall–Kier alpha value is -1.95. The van der Waals surface area contributed by atoms with E-state index in [-0.39, 0.29) is 5.82 Å². The number of thioether (sulfide) groups is 1. The standard InChI is InChI=1S/C16H15FN4S/c17-12-7-5-11(6-8-12)14-9-10-15-18-19-16(21(15)20-14)22-13-3-1-2-4-13/h5-10,13H,1-4H2. The Morgan fingerprint density at radius 3 is 2.55 bits per heavy atom. The molecule has 0 unspecified atom stereocenters. The van der Waals surface area contributed by atoms with Crippen LogP contribution in [-0.2, 0) is 0 Å². The molecule has 1 aliphatic rings. The van der Waals surface area contributed by atoms with E-state index in [4.69, 9.17) is 0 Å². The average Bonchev–Trinajstić information content (AvgIpc) is 3.18. The Balaban J connectivity index is 1.70. The van der Waals surface area contributed by atoms with E-state index >= 15 is 0 Å². The molecule has 0 aliphatic heterocycles. The SMILES string of the molecule is Fc1ccc(-c2ccc3nnc(SC4CCCC4)n3n2)cc1. The molecule has 0 N–H and O–H groups in total. The van der Waals surface area contributed by atoms with Crippen molar-refractivity contribution in [3.8, 4) is 11.3 Å². The van der Waals surface area contributed by atoms with E-state index in [0.717, 1.165) is 22.1 Å². The van der Waals surface area contributed by atoms with Gasteiger partial charge in [-0.15, -0.1) is 10.2 Å². The van der Waals surface area contributed by atoms with Gasteiger partial charge < -0.3 is 0 Å². The highest BCUT2D eigenvalue weighted by molar-refractivity contribution is 7.99. The van der Waals surface area contributed by atoms with Crippen LogP contribution in [-0.4, -0.2) is 25.1 Å². The summed E-state index contributed by atoms with van der Waals surface area (Å²) in [6.07, 6.45) is 5.06. The molecule has 1 aliphatic carbocycles. The minimum atomic E-state index is -0.244. The molecule has 2 heterocycles. The molecule has 112 valence electrons. The van der Waals surface area contributed by atoms with Gasteiger partial charge in [0.1, 0.15) is 5.82 Å². The predicted octanol–water partition coefficient (Wildman–Crippen LogP) is 3.97. The van der Waals surface area contributed by atoms with Crippen molar-refractivity contribution in [2.75, 3.05) is 0 Å². The van der Waals surface area contributed by atoms with Gasteiger partial charge in [0.25, 0.3) is 0 Å². The minimum Gasteiger partial charge on any atom is -0.207 e. The van der Waals surface area contributed by atoms with Gasteiger partial charge in [0, 0.05) is 10.8 Å². The average molecular weight is 314 g/mol. The summed E-state index contributed by atoms with van der Waals surface area (Å²) in [7, 11) is 0. The third kappa shape index (κ3) is 2.59. The number of hydrogen-bond acceptors (Lipinski definition) is 4. The number of nitrogens with zero attached hydrogens (tertiary/aromatic N) is 4. The Bertz CT molecular complexity index is 794. The van der Waals surface area contributed by atoms with Gasteiger partial charge in [0.05, 0.1) is 5.69 Å². The number of rotatable bonds is 3. The molecule has 1 fully saturated rings. The Morgan fingerprint density at radius 2 is 1.77 bits per heavy atom. The Kier molecular flexibility index (Phi) is 3.54. The largest absolute Gasteiger partial charge is 0.212 e. The maximum Gasteiger partial charge on any atom is 0.212 e. The van der Waals surface area contributed by atoms with Crippen LogP contribution in [0.1, 0.15) is 25.7 Å². The van der Waals surface area contributed by atoms with E-state index in [2.05, 4.69) is 15.3 Å². The van der Waals surface area contributed by atoms with E-state index in [0.29, 0.717) is 5.25 Å². The second kappa shape index (κ2) is 5.68. The highest BCUT2D eigenvalue weighted by atomic mass is 32.2. The first-order valence-corrected chi connectivity index (χ1v) is 8.33. The van der Waals surface area contributed by atoms with Crippen molar-refractivity contribution in [1.29, 1.82) is 0 Å². The smallest absolute Gasteiger partial charge is 0.207 e. The summed E-state index contributed by atoms with van der Waals surface area (Å²) in [6, 6.07) is 10.1. The van der Waals surface area contributed by atoms with Crippen molar-refractivity contribution in [2.24, 2.45) is 0 Å². The predicted molar refractivity (Wildman–Crippen MR) is 84.3 cm³/mol. The Labute approximate surface area is 131 Å². The number of aromatic nitrogens is 4. The first kappa shape index (κ1) is 13.7. The van der Waals surface area contributed by atoms with Crippen LogP contribution in [0.4, 0.5) is 4.39 Å². The third-order valence-electron chi connectivity index (χ3n) is 3.95. The molecule has 1 aromatic carbocycles. The van der Waals surface area contributed by atoms with Gasteiger partial charge in [-0.2, -0.15) is 9.61 Å². The topological polar surface area (TPSA) is 43.1 Å². The van der Waals surface area contributed by atoms with Crippen LogP contribution < -0.4 is 0 Å². The molecule has 3 aromatic rings. The lowest BCUT2D eigenvalue weighted by atomic mass is 10.1. The van der Waals surface area contributed by atoms with Gasteiger partial charge >= 0.3 is 0 Å². The van der Waals surface area contributed by atoms with Gasteiger partial charge in [-0.05, 0) is 49.2 Å². The van der Waals surface area contributed by atoms with E-state index in [1.165, 1.54) is 37.8 Å². The van der Waals surface area contributed by atoms with E-state index < -0.39 is 0 Å². The van der Waals surface area contributed by atoms with Crippen LogP contribution in [0.2, 0.25) is 0 Å². The summed E-state index contributed by atoms with van der Waals surface area (Å²) in [5.41, 5.74) is 2.42. The van der Waals surface area contributed by atoms with Crippen LogP contribution in [0.25, 0.3) is 16.9 Å². The molecular weight excluding hydrogens is 299 g/mol. The summed E-state index contributed by atoms with van der Waals surface area (Å²) in [5, 5.41) is 14.5. The number of fused-ring (bicyclic) bond motifs is 1. The highest BCUT2D eigenvalue weighted by Crippen LogP contribution is 2.33. The number of hydrogen-bond donors (Lipinski definition) is 0. The van der Waals surface area contributed by atoms with E-state index in [1.807, 2.05) is 12.1 Å². The summed E-state index contributed by atoms with van der Waals surface area (Å²) < 4.78 is 14.8. The lowest BCUT2D eigenvalue weighted by Crippen LogP contribution is -2.00. The summed E-state index contributed by atoms with van der Waals surface area (Å²) in [4.78, 5) is 0. The summed E-state index contributed by atoms with van der Waals surface area (Å²) in [6.45, 7) is 0. The Morgan fingerprint density at radius 1 is 1.00 bits per heavy atom. The van der Waals surface area contributed by atoms with E-state index in [1.54, 1.807) is 28.4 Å². The molecule has 4 nitrogen and oxygen atoms in total. The molecule has 0 atom stereocenters. The molecule has 0 saturated heterocycles. The monoisotopic (exact) mass is 314 g/mol. The van der Waals surface area contributed by atoms with Gasteiger partial charge in [0.2, 0.25) is 5.16 Å². The summed E-state index contributed by atoms with van der Waals surface area (Å²) in [5.74, 6) is -0.244. The first-order valence-electron chi connectivity index (χ1n) is 7.45. The minimum absolute atomic E-state index is 0.244. The van der Waals surface area contributed by atoms with Crippen molar-refractivity contribution in [3.63, 3.8) is 0 Å². The summed E-state index contributed by atoms with van der Waals surface area (Å²) >= 11 is 1.76. The fourth-order valence-corrected chi connectivity index (χ4v) is 3.96. The molecule has 0 amide bonds. The fourth-order valence-electron chi connectivity index (χ4n) is 2.77. The zero-order valence-corrected chi connectivity index (χ0v) is 12.8. The van der Waals surface area contributed by atoms with Crippen molar-refractivity contribution >= 4 is 17.4 Å². The third-order valence-corrected chi connectivity index (χ3v) is 5.22. The van der Waals surface area contributed by atoms with Gasteiger partial charge in [-0.3, -0.25) is 0 Å². The molecule has 0 bridgehead atoms. The molecule has 0 spiro atoms. The first-order chi connectivity index (χ1) is 10.8. The van der Waals surface area contributed by atoms with Crippen LogP contribution in [0, 0.1) is 5.82 Å². The second-order valence-corrected chi connectivity index (χ2v) is 6.77. The van der Waals surface area contributed by atoms with Gasteiger partial charge in [0.15, 0.2) is 5.65 Å². The molecule has 22 heavy (non-hydrogen) atoms. The van der Waals surface area contributed by atoms with Crippen LogP contribution in [0.3, 0.4) is 0 Å². The van der Waals surface area contributed by atoms with Crippen molar-refractivity contribution < 1.29 is 4.39 Å². The molecule has 1 saturated carbocycles. The highest BCUT2D eigenvalue weighted by Gasteiger charge is 2.19. The molecule has 2 aromatic heterocycles. The molecule has 6 heteroatoms. The molecule has 4 rings (SSSR count). The zero-order chi connectivity index (χ0) is 14.9. The van der Waals surface area contributed by atoms with Crippen molar-refractivity contribution in [2.45, 2.75) is 36.1 Å². The van der Waals surface area contributed by atoms with Gasteiger partial charge in [-0.1, -0.05) is 24.6 Å². The number of benzene rings is 1. The normalized spacial score (nSPS) is 15.7. The number of halogens is 1. The lowest BCUT2D eigenvalue weighted by Gasteiger charge is -2.06. The maximum atomic E-state index is 13.0. The van der Waals surface area contributed by atoms with Gasteiger partial charge in [-0.25, -0.2) is 4.39 Å². The van der Waals surface area contributed by atoms with E-state index in [9.17, 15) is 4.39 Å². The van der Waals surface area contributed by atoms with Crippen molar-refractivity contribution in [1.82, 2.24) is 19.8 Å². The zero-order valence-electron chi connectivity index (χ0n) is 11.9. The molecular formula is C16H15FN4S.